The lowest BCUT2D eigenvalue weighted by Gasteiger charge is -2.31. The first-order valence-electron chi connectivity index (χ1n) is 8.85. The normalized spacial score (nSPS) is 17.0. The molecule has 3 aromatic rings. The number of rotatable bonds is 3. The van der Waals surface area contributed by atoms with Gasteiger partial charge in [-0.25, -0.2) is 13.2 Å². The van der Waals surface area contributed by atoms with Gasteiger partial charge in [-0.15, -0.1) is 0 Å². The second kappa shape index (κ2) is 7.46. The maximum Gasteiger partial charge on any atom is 0.256 e. The van der Waals surface area contributed by atoms with E-state index >= 15 is 0 Å². The van der Waals surface area contributed by atoms with Gasteiger partial charge in [0.1, 0.15) is 17.5 Å². The van der Waals surface area contributed by atoms with E-state index in [0.717, 1.165) is 18.6 Å². The number of benzene rings is 2. The van der Waals surface area contributed by atoms with Gasteiger partial charge in [0.15, 0.2) is 0 Å². The number of halogens is 3. The molecule has 1 aliphatic rings. The van der Waals surface area contributed by atoms with Crippen LogP contribution < -0.4 is 0 Å². The fourth-order valence-electron chi connectivity index (χ4n) is 3.31. The Balaban J connectivity index is 1.51. The van der Waals surface area contributed by atoms with Gasteiger partial charge in [-0.3, -0.25) is 4.79 Å². The van der Waals surface area contributed by atoms with Crippen molar-refractivity contribution in [3.8, 4) is 11.4 Å². The number of nitrogens with zero attached hydrogens (tertiary/aromatic N) is 3. The Kier molecular flexibility index (Phi) is 4.85. The van der Waals surface area contributed by atoms with Gasteiger partial charge in [0.05, 0.1) is 11.5 Å². The second-order valence-corrected chi connectivity index (χ2v) is 6.68. The quantitative estimate of drug-likeness (QED) is 0.677. The molecule has 1 amide bonds. The number of hydrogen-bond acceptors (Lipinski definition) is 4. The predicted molar refractivity (Wildman–Crippen MR) is 93.9 cm³/mol. The Morgan fingerprint density at radius 3 is 2.57 bits per heavy atom. The Bertz CT molecular complexity index is 1000. The van der Waals surface area contributed by atoms with Crippen molar-refractivity contribution in [2.75, 3.05) is 13.1 Å². The number of likely N-dealkylation sites (tertiary alicyclic amines) is 1. The summed E-state index contributed by atoms with van der Waals surface area (Å²) in [6.07, 6.45) is 1.42. The van der Waals surface area contributed by atoms with E-state index in [4.69, 9.17) is 4.52 Å². The lowest BCUT2D eigenvalue weighted by Crippen LogP contribution is -2.39. The molecule has 0 aliphatic carbocycles. The van der Waals surface area contributed by atoms with Crippen LogP contribution in [-0.4, -0.2) is 34.0 Å². The summed E-state index contributed by atoms with van der Waals surface area (Å²) in [5.74, 6) is -1.96. The lowest BCUT2D eigenvalue weighted by atomic mass is 9.97. The molecule has 1 fully saturated rings. The van der Waals surface area contributed by atoms with Gasteiger partial charge in [-0.2, -0.15) is 4.98 Å². The highest BCUT2D eigenvalue weighted by Gasteiger charge is 2.30. The average molecular weight is 387 g/mol. The molecule has 0 N–H and O–H groups in total. The third kappa shape index (κ3) is 3.62. The Hall–Kier alpha value is -3.16. The molecule has 1 aromatic heterocycles. The first-order valence-corrected chi connectivity index (χ1v) is 8.85. The zero-order valence-electron chi connectivity index (χ0n) is 14.7. The van der Waals surface area contributed by atoms with Crippen LogP contribution in [-0.2, 0) is 0 Å². The number of carbonyl (C=O) groups is 1. The third-order valence-corrected chi connectivity index (χ3v) is 4.76. The van der Waals surface area contributed by atoms with Crippen LogP contribution in [0, 0.1) is 17.5 Å². The zero-order valence-corrected chi connectivity index (χ0v) is 14.7. The number of carbonyl (C=O) groups excluding carboxylic acids is 1. The molecule has 5 nitrogen and oxygen atoms in total. The minimum absolute atomic E-state index is 0.167. The topological polar surface area (TPSA) is 59.2 Å². The molecule has 2 aromatic carbocycles. The lowest BCUT2D eigenvalue weighted by molar-refractivity contribution is 0.0691. The van der Waals surface area contributed by atoms with Gasteiger partial charge in [0.2, 0.25) is 11.7 Å². The largest absolute Gasteiger partial charge is 0.339 e. The van der Waals surface area contributed by atoms with Crippen molar-refractivity contribution in [3.63, 3.8) is 0 Å². The standard InChI is InChI=1S/C20H16F3N3O2/c21-14-5-3-12(4-6-14)18-24-19(28-25-18)13-2-1-9-26(11-13)20(27)16-8-7-15(22)10-17(16)23/h3-8,10,13H,1-2,9,11H2/t13-/m1/s1. The molecule has 4 rings (SSSR count). The van der Waals surface area contributed by atoms with Crippen molar-refractivity contribution in [1.29, 1.82) is 0 Å². The van der Waals surface area contributed by atoms with Gasteiger partial charge in [-0.05, 0) is 49.2 Å². The van der Waals surface area contributed by atoms with E-state index in [-0.39, 0.29) is 17.3 Å². The van der Waals surface area contributed by atoms with E-state index in [1.54, 1.807) is 12.1 Å². The van der Waals surface area contributed by atoms with E-state index in [2.05, 4.69) is 10.1 Å². The van der Waals surface area contributed by atoms with Crippen molar-refractivity contribution in [1.82, 2.24) is 15.0 Å². The summed E-state index contributed by atoms with van der Waals surface area (Å²) >= 11 is 0. The van der Waals surface area contributed by atoms with E-state index in [0.29, 0.717) is 42.9 Å². The van der Waals surface area contributed by atoms with Crippen LogP contribution in [0.4, 0.5) is 13.2 Å². The summed E-state index contributed by atoms with van der Waals surface area (Å²) in [5, 5.41) is 3.93. The molecule has 28 heavy (non-hydrogen) atoms. The van der Waals surface area contributed by atoms with Gasteiger partial charge in [-0.1, -0.05) is 5.16 Å². The molecular weight excluding hydrogens is 371 g/mol. The van der Waals surface area contributed by atoms with Crippen LogP contribution in [0.5, 0.6) is 0 Å². The summed E-state index contributed by atoms with van der Waals surface area (Å²) in [5.41, 5.74) is 0.452. The zero-order chi connectivity index (χ0) is 19.7. The van der Waals surface area contributed by atoms with Crippen molar-refractivity contribution >= 4 is 5.91 Å². The van der Waals surface area contributed by atoms with Crippen molar-refractivity contribution < 1.29 is 22.5 Å². The monoisotopic (exact) mass is 387 g/mol. The van der Waals surface area contributed by atoms with Crippen LogP contribution in [0.1, 0.15) is 35.0 Å². The summed E-state index contributed by atoms with van der Waals surface area (Å²) in [4.78, 5) is 18.5. The number of hydrogen-bond donors (Lipinski definition) is 0. The van der Waals surface area contributed by atoms with Crippen LogP contribution >= 0.6 is 0 Å². The van der Waals surface area contributed by atoms with Crippen LogP contribution in [0.2, 0.25) is 0 Å². The van der Waals surface area contributed by atoms with E-state index < -0.39 is 17.5 Å². The molecule has 0 saturated carbocycles. The minimum Gasteiger partial charge on any atom is -0.339 e. The van der Waals surface area contributed by atoms with Crippen molar-refractivity contribution in [3.05, 3.63) is 71.4 Å². The molecule has 0 bridgehead atoms. The SMILES string of the molecule is O=C(c1ccc(F)cc1F)N1CCC[C@@H](c2nc(-c3ccc(F)cc3)no2)C1. The molecular formula is C20H16F3N3O2. The minimum atomic E-state index is -0.886. The first kappa shape index (κ1) is 18.2. The molecule has 1 atom stereocenters. The smallest absolute Gasteiger partial charge is 0.256 e. The molecule has 1 aliphatic heterocycles. The summed E-state index contributed by atoms with van der Waals surface area (Å²) < 4.78 is 45.4. The molecule has 8 heteroatoms. The van der Waals surface area contributed by atoms with Crippen LogP contribution in [0.25, 0.3) is 11.4 Å². The van der Waals surface area contributed by atoms with Gasteiger partial charge in [0, 0.05) is 24.7 Å². The van der Waals surface area contributed by atoms with Gasteiger partial charge in [0.25, 0.3) is 5.91 Å². The maximum atomic E-state index is 13.9. The van der Waals surface area contributed by atoms with E-state index in [1.807, 2.05) is 0 Å². The van der Waals surface area contributed by atoms with Crippen LogP contribution in [0.3, 0.4) is 0 Å². The van der Waals surface area contributed by atoms with Crippen molar-refractivity contribution in [2.45, 2.75) is 18.8 Å². The summed E-state index contributed by atoms with van der Waals surface area (Å²) in [7, 11) is 0. The Morgan fingerprint density at radius 1 is 1.07 bits per heavy atom. The number of aromatic nitrogens is 2. The van der Waals surface area contributed by atoms with Gasteiger partial charge < -0.3 is 9.42 Å². The fraction of sp³-hybridized carbons (Fsp3) is 0.250. The highest BCUT2D eigenvalue weighted by atomic mass is 19.1. The number of piperidine rings is 1. The maximum absolute atomic E-state index is 13.9. The first-order chi connectivity index (χ1) is 13.5. The Morgan fingerprint density at radius 2 is 1.82 bits per heavy atom. The summed E-state index contributed by atoms with van der Waals surface area (Å²) in [6, 6.07) is 8.63. The highest BCUT2D eigenvalue weighted by Crippen LogP contribution is 2.28. The average Bonchev–Trinajstić information content (AvgIpc) is 3.18. The van der Waals surface area contributed by atoms with E-state index in [9.17, 15) is 18.0 Å². The fourth-order valence-corrected chi connectivity index (χ4v) is 3.31. The molecule has 1 saturated heterocycles. The van der Waals surface area contributed by atoms with Crippen molar-refractivity contribution in [2.24, 2.45) is 0 Å². The third-order valence-electron chi connectivity index (χ3n) is 4.76. The summed E-state index contributed by atoms with van der Waals surface area (Å²) in [6.45, 7) is 0.756. The van der Waals surface area contributed by atoms with Crippen LogP contribution in [0.15, 0.2) is 47.0 Å². The molecule has 0 unspecified atom stereocenters. The molecule has 0 spiro atoms. The molecule has 144 valence electrons. The van der Waals surface area contributed by atoms with E-state index in [1.165, 1.54) is 17.0 Å². The second-order valence-electron chi connectivity index (χ2n) is 6.68. The highest BCUT2D eigenvalue weighted by molar-refractivity contribution is 5.94. The number of amides is 1. The molecule has 2 heterocycles. The Labute approximate surface area is 158 Å². The predicted octanol–water partition coefficient (Wildman–Crippen LogP) is 4.17. The molecule has 0 radical (unpaired) electrons. The van der Waals surface area contributed by atoms with Gasteiger partial charge >= 0.3 is 0 Å².